The molecule has 1 aromatic heterocycles. The van der Waals surface area contributed by atoms with Crippen LogP contribution in [-0.2, 0) is 9.59 Å². The Kier molecular flexibility index (Phi) is 5.02. The Morgan fingerprint density at radius 2 is 1.77 bits per heavy atom. The van der Waals surface area contributed by atoms with Crippen molar-refractivity contribution in [3.63, 3.8) is 0 Å². The first kappa shape index (κ1) is 17.7. The van der Waals surface area contributed by atoms with E-state index in [-0.39, 0.29) is 17.1 Å². The second-order valence-electron chi connectivity index (χ2n) is 6.17. The molecule has 1 aromatic carbocycles. The van der Waals surface area contributed by atoms with Gasteiger partial charge in [0, 0.05) is 24.5 Å². The fourth-order valence-electron chi connectivity index (χ4n) is 3.11. The van der Waals surface area contributed by atoms with Crippen LogP contribution in [0, 0.1) is 0 Å². The zero-order chi connectivity index (χ0) is 18.7. The predicted octanol–water partition coefficient (Wildman–Crippen LogP) is 3.01. The monoisotopic (exact) mass is 352 g/mol. The van der Waals surface area contributed by atoms with Gasteiger partial charge in [0.05, 0.1) is 11.6 Å². The number of benzene rings is 1. The van der Waals surface area contributed by atoms with Crippen LogP contribution in [0.1, 0.15) is 36.9 Å². The molecule has 3 rings (SSSR count). The third-order valence-corrected chi connectivity index (χ3v) is 4.46. The summed E-state index contributed by atoms with van der Waals surface area (Å²) in [7, 11) is 0. The number of amides is 1. The second-order valence-corrected chi connectivity index (χ2v) is 6.17. The number of ketones is 1. The first-order valence-electron chi connectivity index (χ1n) is 8.52. The van der Waals surface area contributed by atoms with E-state index in [2.05, 4.69) is 4.98 Å². The number of aliphatic hydroxyl groups excluding tert-OH is 1. The molecule has 0 aliphatic carbocycles. The predicted molar refractivity (Wildman–Crippen MR) is 96.3 cm³/mol. The lowest BCUT2D eigenvalue weighted by Gasteiger charge is -2.25. The van der Waals surface area contributed by atoms with Gasteiger partial charge in [0.25, 0.3) is 11.7 Å². The Bertz CT molecular complexity index is 844. The fourth-order valence-corrected chi connectivity index (χ4v) is 3.11. The number of hydrogen-bond acceptors (Lipinski definition) is 5. The van der Waals surface area contributed by atoms with Crippen LogP contribution in [0.25, 0.3) is 5.76 Å². The summed E-state index contributed by atoms with van der Waals surface area (Å²) in [5.74, 6) is -1.45. The van der Waals surface area contributed by atoms with E-state index < -0.39 is 17.7 Å². The maximum atomic E-state index is 12.7. The van der Waals surface area contributed by atoms with E-state index in [1.165, 1.54) is 29.4 Å². The van der Waals surface area contributed by atoms with Crippen molar-refractivity contribution in [3.8, 4) is 5.75 Å². The highest BCUT2D eigenvalue weighted by Crippen LogP contribution is 2.39. The number of Topliss-reactive ketones (excluding diaryl/α,β-unsaturated/α-hetero) is 1. The molecule has 2 heterocycles. The van der Waals surface area contributed by atoms with Crippen molar-refractivity contribution in [1.82, 2.24) is 9.88 Å². The first-order valence-corrected chi connectivity index (χ1v) is 8.52. The maximum Gasteiger partial charge on any atom is 0.295 e. The molecule has 26 heavy (non-hydrogen) atoms. The Labute approximate surface area is 151 Å². The van der Waals surface area contributed by atoms with Gasteiger partial charge in [-0.25, -0.2) is 0 Å². The Hall–Kier alpha value is -3.15. The third-order valence-electron chi connectivity index (χ3n) is 4.46. The number of pyridine rings is 1. The Morgan fingerprint density at radius 1 is 1.12 bits per heavy atom. The Balaban J connectivity index is 2.15. The van der Waals surface area contributed by atoms with Crippen molar-refractivity contribution < 1.29 is 19.8 Å². The number of rotatable bonds is 5. The number of unbranched alkanes of at least 4 members (excludes halogenated alkanes) is 1. The van der Waals surface area contributed by atoms with Crippen molar-refractivity contribution in [2.75, 3.05) is 6.54 Å². The van der Waals surface area contributed by atoms with Crippen molar-refractivity contribution in [2.45, 2.75) is 25.8 Å². The van der Waals surface area contributed by atoms with Crippen molar-refractivity contribution in [3.05, 3.63) is 65.5 Å². The minimum Gasteiger partial charge on any atom is -0.508 e. The molecular formula is C20H20N2O4. The average molecular weight is 352 g/mol. The van der Waals surface area contributed by atoms with Gasteiger partial charge in [0.15, 0.2) is 0 Å². The van der Waals surface area contributed by atoms with Gasteiger partial charge < -0.3 is 15.1 Å². The molecule has 0 radical (unpaired) electrons. The van der Waals surface area contributed by atoms with E-state index in [4.69, 9.17) is 0 Å². The Morgan fingerprint density at radius 3 is 2.38 bits per heavy atom. The molecule has 0 saturated carbocycles. The lowest BCUT2D eigenvalue weighted by atomic mass is 9.95. The van der Waals surface area contributed by atoms with Crippen LogP contribution < -0.4 is 0 Å². The molecule has 134 valence electrons. The molecule has 0 bridgehead atoms. The van der Waals surface area contributed by atoms with Gasteiger partial charge in [-0.2, -0.15) is 0 Å². The van der Waals surface area contributed by atoms with Crippen LogP contribution in [0.5, 0.6) is 5.75 Å². The molecule has 1 amide bonds. The molecule has 6 heteroatoms. The lowest BCUT2D eigenvalue weighted by Crippen LogP contribution is -2.30. The molecule has 1 saturated heterocycles. The number of aromatic hydroxyl groups is 1. The number of carbonyl (C=O) groups excluding carboxylic acids is 2. The van der Waals surface area contributed by atoms with Gasteiger partial charge in [0.2, 0.25) is 0 Å². The minimum absolute atomic E-state index is 0.0583. The molecule has 0 spiro atoms. The normalized spacial score (nSPS) is 19.1. The highest BCUT2D eigenvalue weighted by molar-refractivity contribution is 6.46. The number of phenols is 1. The number of nitrogens with zero attached hydrogens (tertiary/aromatic N) is 2. The van der Waals surface area contributed by atoms with E-state index in [0.29, 0.717) is 17.7 Å². The van der Waals surface area contributed by atoms with Gasteiger partial charge in [-0.15, -0.1) is 0 Å². The third kappa shape index (κ3) is 3.18. The van der Waals surface area contributed by atoms with Crippen LogP contribution >= 0.6 is 0 Å². The van der Waals surface area contributed by atoms with Crippen LogP contribution in [0.4, 0.5) is 0 Å². The minimum atomic E-state index is -0.700. The number of likely N-dealkylation sites (tertiary alicyclic amines) is 1. The average Bonchev–Trinajstić information content (AvgIpc) is 2.91. The van der Waals surface area contributed by atoms with Crippen molar-refractivity contribution >= 4 is 17.4 Å². The second kappa shape index (κ2) is 7.39. The summed E-state index contributed by atoms with van der Waals surface area (Å²) in [4.78, 5) is 30.6. The summed E-state index contributed by atoms with van der Waals surface area (Å²) in [5.41, 5.74) is 1.15. The van der Waals surface area contributed by atoms with E-state index in [9.17, 15) is 19.8 Å². The summed E-state index contributed by atoms with van der Waals surface area (Å²) in [5, 5.41) is 20.3. The summed E-state index contributed by atoms with van der Waals surface area (Å²) in [6.07, 6.45) is 4.64. The van der Waals surface area contributed by atoms with Crippen LogP contribution in [0.2, 0.25) is 0 Å². The molecule has 6 nitrogen and oxygen atoms in total. The maximum absolute atomic E-state index is 12.7. The number of aliphatic hydroxyl groups is 1. The fraction of sp³-hybridized carbons (Fsp3) is 0.250. The highest BCUT2D eigenvalue weighted by atomic mass is 16.3. The van der Waals surface area contributed by atoms with E-state index in [1.54, 1.807) is 24.3 Å². The van der Waals surface area contributed by atoms with Gasteiger partial charge >= 0.3 is 0 Å². The summed E-state index contributed by atoms with van der Waals surface area (Å²) < 4.78 is 0. The topological polar surface area (TPSA) is 90.7 Å². The molecule has 1 unspecified atom stereocenters. The van der Waals surface area contributed by atoms with Gasteiger partial charge in [-0.05, 0) is 36.2 Å². The molecular weight excluding hydrogens is 332 g/mol. The molecule has 2 N–H and O–H groups in total. The van der Waals surface area contributed by atoms with Crippen LogP contribution in [-0.4, -0.2) is 38.3 Å². The van der Waals surface area contributed by atoms with Gasteiger partial charge in [-0.1, -0.05) is 25.5 Å². The summed E-state index contributed by atoms with van der Waals surface area (Å²) in [6, 6.07) is 8.81. The molecule has 1 fully saturated rings. The van der Waals surface area contributed by atoms with E-state index in [0.717, 1.165) is 12.8 Å². The zero-order valence-corrected chi connectivity index (χ0v) is 14.4. The SMILES string of the molecule is CCCCN1C(=O)C(=O)/C(=C(\O)c2ccncc2)C1c1ccc(O)cc1. The number of phenolic OH excluding ortho intramolecular Hbond substituents is 1. The largest absolute Gasteiger partial charge is 0.508 e. The molecule has 1 aliphatic rings. The smallest absolute Gasteiger partial charge is 0.295 e. The van der Waals surface area contributed by atoms with Crippen LogP contribution in [0.15, 0.2) is 54.4 Å². The van der Waals surface area contributed by atoms with E-state index >= 15 is 0 Å². The van der Waals surface area contributed by atoms with E-state index in [1.807, 2.05) is 6.92 Å². The van der Waals surface area contributed by atoms with Crippen molar-refractivity contribution in [2.24, 2.45) is 0 Å². The van der Waals surface area contributed by atoms with Crippen LogP contribution in [0.3, 0.4) is 0 Å². The number of hydrogen-bond donors (Lipinski definition) is 2. The number of carbonyl (C=O) groups is 2. The highest BCUT2D eigenvalue weighted by Gasteiger charge is 2.45. The first-order chi connectivity index (χ1) is 12.5. The quantitative estimate of drug-likeness (QED) is 0.490. The standard InChI is InChI=1S/C20H20N2O4/c1-2-3-12-22-17(13-4-6-15(23)7-5-13)16(19(25)20(22)26)18(24)14-8-10-21-11-9-14/h4-11,17,23-24H,2-3,12H2,1H3/b18-16-. The number of aromatic nitrogens is 1. The summed E-state index contributed by atoms with van der Waals surface area (Å²) in [6.45, 7) is 2.42. The summed E-state index contributed by atoms with van der Waals surface area (Å²) >= 11 is 0. The molecule has 1 atom stereocenters. The van der Waals surface area contributed by atoms with Crippen molar-refractivity contribution in [1.29, 1.82) is 0 Å². The van der Waals surface area contributed by atoms with Gasteiger partial charge in [-0.3, -0.25) is 14.6 Å². The lowest BCUT2D eigenvalue weighted by molar-refractivity contribution is -0.139. The molecule has 1 aliphatic heterocycles. The van der Waals surface area contributed by atoms with Gasteiger partial charge in [0.1, 0.15) is 11.5 Å². The zero-order valence-electron chi connectivity index (χ0n) is 14.4. The molecule has 2 aromatic rings.